The van der Waals surface area contributed by atoms with Gasteiger partial charge in [-0.1, -0.05) is 0 Å². The third-order valence-electron chi connectivity index (χ3n) is 4.11. The van der Waals surface area contributed by atoms with Crippen LogP contribution in [0, 0.1) is 0 Å². The molecule has 1 saturated heterocycles. The van der Waals surface area contributed by atoms with E-state index in [1.165, 1.54) is 0 Å². The topological polar surface area (TPSA) is 74.8 Å². The van der Waals surface area contributed by atoms with Crippen molar-refractivity contribution in [1.82, 2.24) is 24.8 Å². The molecule has 1 aliphatic rings. The van der Waals surface area contributed by atoms with Gasteiger partial charge in [0.1, 0.15) is 0 Å². The molecule has 0 aliphatic carbocycles. The van der Waals surface area contributed by atoms with Gasteiger partial charge in [-0.15, -0.1) is 0 Å². The van der Waals surface area contributed by atoms with Crippen molar-refractivity contribution in [2.75, 3.05) is 6.54 Å². The zero-order valence-electron chi connectivity index (χ0n) is 11.9. The first-order chi connectivity index (χ1) is 10.8. The van der Waals surface area contributed by atoms with Gasteiger partial charge < -0.3 is 9.88 Å². The number of rotatable bonds is 2. The smallest absolute Gasteiger partial charge is 0.254 e. The Morgan fingerprint density at radius 2 is 2.23 bits per heavy atom. The first-order valence-corrected chi connectivity index (χ1v) is 7.33. The van der Waals surface area contributed by atoms with Gasteiger partial charge in [-0.05, 0) is 31.0 Å². The number of hydrogen-bond acceptors (Lipinski definition) is 4. The van der Waals surface area contributed by atoms with E-state index in [0.29, 0.717) is 5.56 Å². The number of nitrogens with one attached hydrogen (secondary N) is 1. The zero-order valence-corrected chi connectivity index (χ0v) is 11.9. The van der Waals surface area contributed by atoms with E-state index in [9.17, 15) is 4.79 Å². The van der Waals surface area contributed by atoms with E-state index in [2.05, 4.69) is 19.9 Å². The zero-order chi connectivity index (χ0) is 14.9. The van der Waals surface area contributed by atoms with Crippen LogP contribution in [0.1, 0.15) is 34.9 Å². The number of likely N-dealkylation sites (tertiary alicyclic amines) is 1. The van der Waals surface area contributed by atoms with E-state index in [-0.39, 0.29) is 11.9 Å². The molecule has 2 aromatic heterocycles. The van der Waals surface area contributed by atoms with E-state index in [1.54, 1.807) is 24.9 Å². The van der Waals surface area contributed by atoms with Gasteiger partial charge in [0.2, 0.25) is 0 Å². The highest BCUT2D eigenvalue weighted by Crippen LogP contribution is 2.31. The minimum Gasteiger partial charge on any atom is -0.345 e. The van der Waals surface area contributed by atoms with Gasteiger partial charge in [0, 0.05) is 24.5 Å². The summed E-state index contributed by atoms with van der Waals surface area (Å²) < 4.78 is 0. The predicted molar refractivity (Wildman–Crippen MR) is 81.1 cm³/mol. The van der Waals surface area contributed by atoms with Crippen LogP contribution in [-0.4, -0.2) is 37.3 Å². The van der Waals surface area contributed by atoms with Crippen molar-refractivity contribution < 1.29 is 4.79 Å². The first kappa shape index (κ1) is 12.9. The Labute approximate surface area is 127 Å². The number of carbonyl (C=O) groups is 1. The summed E-state index contributed by atoms with van der Waals surface area (Å²) in [6, 6.07) is 5.57. The number of nitrogens with zero attached hydrogens (tertiary/aromatic N) is 4. The van der Waals surface area contributed by atoms with E-state index < -0.39 is 0 Å². The number of aromatic nitrogens is 4. The molecule has 4 rings (SSSR count). The average molecular weight is 293 g/mol. The Morgan fingerprint density at radius 3 is 3.09 bits per heavy atom. The van der Waals surface area contributed by atoms with Gasteiger partial charge in [0.05, 0.1) is 35.3 Å². The second-order valence-corrected chi connectivity index (χ2v) is 5.42. The molecule has 1 amide bonds. The molecule has 1 fully saturated rings. The van der Waals surface area contributed by atoms with Crippen LogP contribution in [-0.2, 0) is 0 Å². The number of fused-ring (bicyclic) bond motifs is 1. The molecule has 3 aromatic rings. The van der Waals surface area contributed by atoms with E-state index >= 15 is 0 Å². The lowest BCUT2D eigenvalue weighted by Crippen LogP contribution is -2.31. The Bertz CT molecular complexity index is 814. The third kappa shape index (κ3) is 2.13. The molecule has 1 aliphatic heterocycles. The van der Waals surface area contributed by atoms with Crippen LogP contribution >= 0.6 is 0 Å². The number of imidazole rings is 1. The molecule has 0 radical (unpaired) electrons. The van der Waals surface area contributed by atoms with Crippen molar-refractivity contribution in [2.45, 2.75) is 18.9 Å². The minimum atomic E-state index is 0.0127. The van der Waals surface area contributed by atoms with E-state index in [4.69, 9.17) is 0 Å². The van der Waals surface area contributed by atoms with Gasteiger partial charge in [-0.25, -0.2) is 4.98 Å². The monoisotopic (exact) mass is 293 g/mol. The molecule has 0 bridgehead atoms. The second kappa shape index (κ2) is 5.22. The molecule has 6 nitrogen and oxygen atoms in total. The van der Waals surface area contributed by atoms with Gasteiger partial charge in [0.25, 0.3) is 5.91 Å². The van der Waals surface area contributed by atoms with Crippen LogP contribution in [0.2, 0.25) is 0 Å². The lowest BCUT2D eigenvalue weighted by atomic mass is 10.1. The molecular weight excluding hydrogens is 278 g/mol. The maximum atomic E-state index is 12.8. The third-order valence-corrected chi connectivity index (χ3v) is 4.11. The van der Waals surface area contributed by atoms with Crippen LogP contribution in [0.4, 0.5) is 0 Å². The Balaban J connectivity index is 1.66. The average Bonchev–Trinajstić information content (AvgIpc) is 3.23. The Morgan fingerprint density at radius 1 is 1.27 bits per heavy atom. The van der Waals surface area contributed by atoms with E-state index in [0.717, 1.165) is 36.1 Å². The quantitative estimate of drug-likeness (QED) is 0.787. The molecule has 22 heavy (non-hydrogen) atoms. The molecule has 6 heteroatoms. The summed E-state index contributed by atoms with van der Waals surface area (Å²) in [4.78, 5) is 30.4. The normalized spacial score (nSPS) is 18.0. The molecule has 1 N–H and O–H groups in total. The summed E-state index contributed by atoms with van der Waals surface area (Å²) >= 11 is 0. The van der Waals surface area contributed by atoms with Crippen LogP contribution < -0.4 is 0 Å². The minimum absolute atomic E-state index is 0.0127. The SMILES string of the molecule is O=C(c1ccc2nc[nH]c2c1)N1CCC[C@H]1c1cnccn1. The summed E-state index contributed by atoms with van der Waals surface area (Å²) in [5.41, 5.74) is 3.27. The summed E-state index contributed by atoms with van der Waals surface area (Å²) in [5.74, 6) is 0.0321. The van der Waals surface area contributed by atoms with Crippen molar-refractivity contribution in [2.24, 2.45) is 0 Å². The van der Waals surface area contributed by atoms with Gasteiger partial charge in [-0.2, -0.15) is 0 Å². The largest absolute Gasteiger partial charge is 0.345 e. The number of hydrogen-bond donors (Lipinski definition) is 1. The number of amides is 1. The molecule has 1 atom stereocenters. The van der Waals surface area contributed by atoms with Crippen molar-refractivity contribution in [1.29, 1.82) is 0 Å². The highest BCUT2D eigenvalue weighted by molar-refractivity contribution is 5.97. The highest BCUT2D eigenvalue weighted by Gasteiger charge is 2.31. The predicted octanol–water partition coefficient (Wildman–Crippen LogP) is 2.33. The maximum Gasteiger partial charge on any atom is 0.254 e. The molecule has 110 valence electrons. The fourth-order valence-corrected chi connectivity index (χ4v) is 3.03. The molecule has 1 aromatic carbocycles. The van der Waals surface area contributed by atoms with E-state index in [1.807, 2.05) is 23.1 Å². The summed E-state index contributed by atoms with van der Waals surface area (Å²) in [5, 5.41) is 0. The molecule has 0 spiro atoms. The standard InChI is InChI=1S/C16H15N5O/c22-16(11-3-4-12-13(8-11)20-10-19-12)21-7-1-2-15(21)14-9-17-5-6-18-14/h3-6,8-10,15H,1-2,7H2,(H,19,20)/t15-/m0/s1. The second-order valence-electron chi connectivity index (χ2n) is 5.42. The fraction of sp³-hybridized carbons (Fsp3) is 0.250. The summed E-state index contributed by atoms with van der Waals surface area (Å²) in [7, 11) is 0. The van der Waals surface area contributed by atoms with Gasteiger partial charge in [0.15, 0.2) is 0 Å². The van der Waals surface area contributed by atoms with Crippen LogP contribution in [0.25, 0.3) is 11.0 Å². The molecule has 0 unspecified atom stereocenters. The first-order valence-electron chi connectivity index (χ1n) is 7.33. The van der Waals surface area contributed by atoms with Crippen LogP contribution in [0.15, 0.2) is 43.1 Å². The summed E-state index contributed by atoms with van der Waals surface area (Å²) in [6.07, 6.45) is 8.62. The molecule has 3 heterocycles. The molecular formula is C16H15N5O. The Kier molecular flexibility index (Phi) is 3.07. The lowest BCUT2D eigenvalue weighted by Gasteiger charge is -2.24. The number of H-pyrrole nitrogens is 1. The van der Waals surface area contributed by atoms with Crippen molar-refractivity contribution in [3.05, 3.63) is 54.4 Å². The van der Waals surface area contributed by atoms with Crippen molar-refractivity contribution in [3.63, 3.8) is 0 Å². The van der Waals surface area contributed by atoms with Crippen LogP contribution in [0.5, 0.6) is 0 Å². The van der Waals surface area contributed by atoms with Gasteiger partial charge >= 0.3 is 0 Å². The number of carbonyl (C=O) groups excluding carboxylic acids is 1. The van der Waals surface area contributed by atoms with Crippen LogP contribution in [0.3, 0.4) is 0 Å². The summed E-state index contributed by atoms with van der Waals surface area (Å²) in [6.45, 7) is 0.751. The van der Waals surface area contributed by atoms with Gasteiger partial charge in [-0.3, -0.25) is 14.8 Å². The van der Waals surface area contributed by atoms with Crippen molar-refractivity contribution in [3.8, 4) is 0 Å². The van der Waals surface area contributed by atoms with Crippen molar-refractivity contribution >= 4 is 16.9 Å². The molecule has 0 saturated carbocycles. The number of aromatic amines is 1. The lowest BCUT2D eigenvalue weighted by molar-refractivity contribution is 0.0733. The number of benzene rings is 1. The highest BCUT2D eigenvalue weighted by atomic mass is 16.2. The maximum absolute atomic E-state index is 12.8. The fourth-order valence-electron chi connectivity index (χ4n) is 3.03. The Hall–Kier alpha value is -2.76.